The molecule has 0 fully saturated rings. The van der Waals surface area contributed by atoms with E-state index in [0.29, 0.717) is 0 Å². The van der Waals surface area contributed by atoms with Crippen LogP contribution in [-0.4, -0.2) is 21.8 Å². The van der Waals surface area contributed by atoms with E-state index in [0.717, 1.165) is 18.2 Å². The molecule has 0 spiro atoms. The van der Waals surface area contributed by atoms with Gasteiger partial charge in [0.2, 0.25) is 0 Å². The number of non-ortho nitro benzene ring substituents is 1. The third-order valence-corrected chi connectivity index (χ3v) is 3.51. The van der Waals surface area contributed by atoms with Crippen LogP contribution in [0.15, 0.2) is 36.4 Å². The number of ketones is 1. The van der Waals surface area contributed by atoms with E-state index in [9.17, 15) is 19.7 Å². The van der Waals surface area contributed by atoms with Crippen LogP contribution in [0.2, 0.25) is 10.0 Å². The number of carboxylic acids is 1. The Labute approximate surface area is 134 Å². The highest BCUT2D eigenvalue weighted by molar-refractivity contribution is 6.38. The smallest absolute Gasteiger partial charge is 0.335 e. The molecule has 1 N–H and O–H groups in total. The van der Waals surface area contributed by atoms with Gasteiger partial charge in [0.15, 0.2) is 5.78 Å². The van der Waals surface area contributed by atoms with Crippen LogP contribution in [0, 0.1) is 10.1 Å². The number of carboxylic acid groups (broad SMARTS) is 1. The maximum atomic E-state index is 12.4. The number of nitro groups is 1. The van der Waals surface area contributed by atoms with Crippen molar-refractivity contribution >= 4 is 40.6 Å². The van der Waals surface area contributed by atoms with Gasteiger partial charge in [-0.2, -0.15) is 0 Å². The molecule has 0 saturated heterocycles. The first-order valence-electron chi connectivity index (χ1n) is 5.82. The molecule has 0 aliphatic heterocycles. The normalized spacial score (nSPS) is 10.3. The molecule has 2 aromatic rings. The van der Waals surface area contributed by atoms with Crippen LogP contribution in [0.1, 0.15) is 26.3 Å². The lowest BCUT2D eigenvalue weighted by atomic mass is 10.0. The summed E-state index contributed by atoms with van der Waals surface area (Å²) in [5, 5.41) is 19.5. The van der Waals surface area contributed by atoms with Gasteiger partial charge in [-0.1, -0.05) is 23.2 Å². The van der Waals surface area contributed by atoms with Gasteiger partial charge in [0.1, 0.15) is 0 Å². The molecule has 0 atom stereocenters. The van der Waals surface area contributed by atoms with E-state index in [1.807, 2.05) is 0 Å². The fraction of sp³-hybridized carbons (Fsp3) is 0. The third-order valence-electron chi connectivity index (χ3n) is 2.87. The zero-order chi connectivity index (χ0) is 16.4. The molecule has 0 amide bonds. The maximum Gasteiger partial charge on any atom is 0.335 e. The summed E-state index contributed by atoms with van der Waals surface area (Å²) in [4.78, 5) is 33.4. The van der Waals surface area contributed by atoms with Crippen molar-refractivity contribution in [2.75, 3.05) is 0 Å². The first kappa shape index (κ1) is 15.9. The number of nitrogens with zero attached hydrogens (tertiary/aromatic N) is 1. The Morgan fingerprint density at radius 1 is 1.00 bits per heavy atom. The van der Waals surface area contributed by atoms with Crippen LogP contribution >= 0.6 is 23.2 Å². The Kier molecular flexibility index (Phi) is 4.44. The molecule has 8 heteroatoms. The highest BCUT2D eigenvalue weighted by atomic mass is 35.5. The van der Waals surface area contributed by atoms with Crippen LogP contribution < -0.4 is 0 Å². The fourth-order valence-corrected chi connectivity index (χ4v) is 2.24. The molecule has 0 aliphatic rings. The summed E-state index contributed by atoms with van der Waals surface area (Å²) in [7, 11) is 0. The molecule has 0 radical (unpaired) electrons. The third kappa shape index (κ3) is 3.08. The molecule has 6 nitrogen and oxygen atoms in total. The van der Waals surface area contributed by atoms with Gasteiger partial charge in [-0.05, 0) is 24.3 Å². The highest BCUT2D eigenvalue weighted by Gasteiger charge is 2.20. The highest BCUT2D eigenvalue weighted by Crippen LogP contribution is 2.27. The molecule has 2 aromatic carbocycles. The Bertz CT molecular complexity index is 804. The summed E-state index contributed by atoms with van der Waals surface area (Å²) in [6, 6.07) is 7.06. The van der Waals surface area contributed by atoms with Crippen LogP contribution in [-0.2, 0) is 0 Å². The lowest BCUT2D eigenvalue weighted by Crippen LogP contribution is -2.06. The average molecular weight is 340 g/mol. The monoisotopic (exact) mass is 339 g/mol. The molecule has 22 heavy (non-hydrogen) atoms. The predicted octanol–water partition coefficient (Wildman–Crippen LogP) is 3.83. The number of rotatable bonds is 4. The molecule has 0 heterocycles. The van der Waals surface area contributed by atoms with Crippen molar-refractivity contribution in [2.45, 2.75) is 0 Å². The van der Waals surface area contributed by atoms with Gasteiger partial charge in [0.05, 0.1) is 20.5 Å². The first-order valence-corrected chi connectivity index (χ1v) is 6.58. The van der Waals surface area contributed by atoms with Gasteiger partial charge >= 0.3 is 5.97 Å². The summed E-state index contributed by atoms with van der Waals surface area (Å²) in [5.41, 5.74) is -0.410. The summed E-state index contributed by atoms with van der Waals surface area (Å²) < 4.78 is 0. The number of aromatic carboxylic acids is 1. The molecule has 0 bridgehead atoms. The van der Waals surface area contributed by atoms with E-state index in [-0.39, 0.29) is 32.4 Å². The molecule has 0 aliphatic carbocycles. The van der Waals surface area contributed by atoms with Crippen LogP contribution in [0.25, 0.3) is 0 Å². The number of carbonyl (C=O) groups is 2. The minimum atomic E-state index is -1.21. The largest absolute Gasteiger partial charge is 0.478 e. The van der Waals surface area contributed by atoms with E-state index < -0.39 is 16.7 Å². The van der Waals surface area contributed by atoms with Gasteiger partial charge in [0, 0.05) is 23.3 Å². The minimum Gasteiger partial charge on any atom is -0.478 e. The van der Waals surface area contributed by atoms with Gasteiger partial charge in [-0.25, -0.2) is 4.79 Å². The maximum absolute atomic E-state index is 12.4. The Balaban J connectivity index is 2.50. The zero-order valence-electron chi connectivity index (χ0n) is 10.7. The SMILES string of the molecule is O=C(O)c1ccc(Cl)c(C(=O)c2ccc([N+](=O)[O-])cc2Cl)c1. The number of nitro benzene ring substituents is 1. The Morgan fingerprint density at radius 3 is 2.23 bits per heavy atom. The summed E-state index contributed by atoms with van der Waals surface area (Å²) in [5.74, 6) is -1.83. The Hall–Kier alpha value is -2.44. The second-order valence-electron chi connectivity index (χ2n) is 4.25. The number of carbonyl (C=O) groups excluding carboxylic acids is 1. The second kappa shape index (κ2) is 6.13. The van der Waals surface area contributed by atoms with E-state index in [2.05, 4.69) is 0 Å². The summed E-state index contributed by atoms with van der Waals surface area (Å²) in [6.07, 6.45) is 0. The van der Waals surface area contributed by atoms with Crippen LogP contribution in [0.4, 0.5) is 5.69 Å². The van der Waals surface area contributed by atoms with Crippen molar-refractivity contribution in [1.29, 1.82) is 0 Å². The zero-order valence-corrected chi connectivity index (χ0v) is 12.3. The molecule has 0 unspecified atom stereocenters. The van der Waals surface area contributed by atoms with E-state index >= 15 is 0 Å². The second-order valence-corrected chi connectivity index (χ2v) is 5.06. The lowest BCUT2D eigenvalue weighted by Gasteiger charge is -2.07. The Morgan fingerprint density at radius 2 is 1.68 bits per heavy atom. The molecular weight excluding hydrogens is 333 g/mol. The quantitative estimate of drug-likeness (QED) is 0.518. The van der Waals surface area contributed by atoms with Gasteiger partial charge in [0.25, 0.3) is 5.69 Å². The number of halogens is 2. The van der Waals surface area contributed by atoms with Crippen molar-refractivity contribution in [3.63, 3.8) is 0 Å². The van der Waals surface area contributed by atoms with E-state index in [1.54, 1.807) is 0 Å². The fourth-order valence-electron chi connectivity index (χ4n) is 1.78. The number of benzene rings is 2. The molecular formula is C14H7Cl2NO5. The van der Waals surface area contributed by atoms with Crippen molar-refractivity contribution in [3.8, 4) is 0 Å². The van der Waals surface area contributed by atoms with Gasteiger partial charge in [-0.15, -0.1) is 0 Å². The van der Waals surface area contributed by atoms with Crippen molar-refractivity contribution in [3.05, 3.63) is 73.2 Å². The molecule has 0 aromatic heterocycles. The van der Waals surface area contributed by atoms with Gasteiger partial charge in [-0.3, -0.25) is 14.9 Å². The minimum absolute atomic E-state index is 0.00305. The lowest BCUT2D eigenvalue weighted by molar-refractivity contribution is -0.384. The van der Waals surface area contributed by atoms with Gasteiger partial charge < -0.3 is 5.11 Å². The van der Waals surface area contributed by atoms with E-state index in [1.165, 1.54) is 18.2 Å². The molecule has 2 rings (SSSR count). The van der Waals surface area contributed by atoms with Crippen molar-refractivity contribution in [2.24, 2.45) is 0 Å². The standard InChI is InChI=1S/C14H7Cl2NO5/c15-11-4-1-7(14(19)20)5-10(11)13(18)9-3-2-8(17(21)22)6-12(9)16/h1-6H,(H,19,20). The topological polar surface area (TPSA) is 97.5 Å². The number of hydrogen-bond donors (Lipinski definition) is 1. The van der Waals surface area contributed by atoms with Crippen LogP contribution in [0.3, 0.4) is 0 Å². The average Bonchev–Trinajstić information content (AvgIpc) is 2.46. The van der Waals surface area contributed by atoms with E-state index in [4.69, 9.17) is 28.3 Å². The van der Waals surface area contributed by atoms with Crippen LogP contribution in [0.5, 0.6) is 0 Å². The van der Waals surface area contributed by atoms with Crippen molar-refractivity contribution in [1.82, 2.24) is 0 Å². The molecule has 0 saturated carbocycles. The molecule has 112 valence electrons. The summed E-state index contributed by atoms with van der Waals surface area (Å²) >= 11 is 11.8. The predicted molar refractivity (Wildman–Crippen MR) is 80.0 cm³/mol. The van der Waals surface area contributed by atoms with Crippen molar-refractivity contribution < 1.29 is 19.6 Å². The summed E-state index contributed by atoms with van der Waals surface area (Å²) in [6.45, 7) is 0. The number of hydrogen-bond acceptors (Lipinski definition) is 4. The first-order chi connectivity index (χ1) is 10.3.